The highest BCUT2D eigenvalue weighted by Crippen LogP contribution is 2.29. The molecule has 0 spiro atoms. The Labute approximate surface area is 144 Å². The number of aliphatic hydroxyl groups is 1. The Bertz CT molecular complexity index is 645. The lowest BCUT2D eigenvalue weighted by atomic mass is 9.80. The summed E-state index contributed by atoms with van der Waals surface area (Å²) in [6.07, 6.45) is 4.24. The standard InChI is InChI=1S/C18H26FNO3S/c1-5-12-18(21,13-6-2)17(14(4)7-3)20-24(22,23)16-10-8-15(19)9-11-16/h5-6,8-11,14,17,20-21H,1-2,7,12-13H2,3-4H3. The minimum Gasteiger partial charge on any atom is -0.388 e. The summed E-state index contributed by atoms with van der Waals surface area (Å²) in [5.74, 6) is -0.632. The average molecular weight is 355 g/mol. The number of hydrogen-bond acceptors (Lipinski definition) is 3. The van der Waals surface area contributed by atoms with Crippen LogP contribution in [0.2, 0.25) is 0 Å². The first-order valence-electron chi connectivity index (χ1n) is 7.92. The van der Waals surface area contributed by atoms with Gasteiger partial charge in [0.05, 0.1) is 16.5 Å². The Hall–Kier alpha value is -1.50. The van der Waals surface area contributed by atoms with Crippen LogP contribution in [-0.2, 0) is 10.0 Å². The van der Waals surface area contributed by atoms with E-state index in [0.29, 0.717) is 6.42 Å². The summed E-state index contributed by atoms with van der Waals surface area (Å²) in [7, 11) is -3.90. The minimum absolute atomic E-state index is 0.0447. The maximum atomic E-state index is 13.0. The van der Waals surface area contributed by atoms with Crippen molar-refractivity contribution < 1.29 is 17.9 Å². The molecule has 0 heterocycles. The van der Waals surface area contributed by atoms with E-state index in [1.807, 2.05) is 13.8 Å². The van der Waals surface area contributed by atoms with Crippen molar-refractivity contribution in [2.45, 2.75) is 49.6 Å². The van der Waals surface area contributed by atoms with Crippen LogP contribution in [0, 0.1) is 11.7 Å². The van der Waals surface area contributed by atoms with E-state index < -0.39 is 27.5 Å². The van der Waals surface area contributed by atoms with E-state index in [9.17, 15) is 17.9 Å². The molecule has 0 aliphatic carbocycles. The molecule has 0 radical (unpaired) electrons. The van der Waals surface area contributed by atoms with Gasteiger partial charge in [-0.05, 0) is 43.0 Å². The van der Waals surface area contributed by atoms with Gasteiger partial charge in [-0.1, -0.05) is 32.4 Å². The normalized spacial score (nSPS) is 14.8. The lowest BCUT2D eigenvalue weighted by Gasteiger charge is -2.38. The Morgan fingerprint density at radius 1 is 1.25 bits per heavy atom. The SMILES string of the molecule is C=CCC(O)(CC=C)C(NS(=O)(=O)c1ccc(F)cc1)C(C)CC. The fourth-order valence-electron chi connectivity index (χ4n) is 2.68. The second kappa shape index (κ2) is 8.55. The van der Waals surface area contributed by atoms with Crippen molar-refractivity contribution >= 4 is 10.0 Å². The van der Waals surface area contributed by atoms with Gasteiger partial charge in [0.25, 0.3) is 0 Å². The summed E-state index contributed by atoms with van der Waals surface area (Å²) in [5, 5.41) is 11.0. The summed E-state index contributed by atoms with van der Waals surface area (Å²) >= 11 is 0. The molecule has 0 bridgehead atoms. The van der Waals surface area contributed by atoms with Crippen LogP contribution in [0.25, 0.3) is 0 Å². The highest BCUT2D eigenvalue weighted by Gasteiger charge is 2.40. The molecule has 1 aromatic rings. The summed E-state index contributed by atoms with van der Waals surface area (Å²) in [6.45, 7) is 11.1. The molecular weight excluding hydrogens is 329 g/mol. The van der Waals surface area contributed by atoms with E-state index in [0.717, 1.165) is 12.1 Å². The second-order valence-electron chi connectivity index (χ2n) is 6.03. The van der Waals surface area contributed by atoms with Crippen LogP contribution in [0.15, 0.2) is 54.5 Å². The van der Waals surface area contributed by atoms with Crippen LogP contribution in [0.4, 0.5) is 4.39 Å². The molecule has 0 saturated heterocycles. The van der Waals surface area contributed by atoms with Crippen LogP contribution < -0.4 is 4.72 Å². The topological polar surface area (TPSA) is 66.4 Å². The zero-order valence-electron chi connectivity index (χ0n) is 14.2. The molecule has 1 aromatic carbocycles. The van der Waals surface area contributed by atoms with Gasteiger partial charge in [0.2, 0.25) is 10.0 Å². The molecule has 0 aliphatic heterocycles. The van der Waals surface area contributed by atoms with E-state index in [1.165, 1.54) is 12.1 Å². The molecule has 4 nitrogen and oxygen atoms in total. The maximum Gasteiger partial charge on any atom is 0.240 e. The summed E-state index contributed by atoms with van der Waals surface area (Å²) in [6, 6.07) is 3.85. The monoisotopic (exact) mass is 355 g/mol. The van der Waals surface area contributed by atoms with Gasteiger partial charge >= 0.3 is 0 Å². The highest BCUT2D eigenvalue weighted by molar-refractivity contribution is 7.89. The molecule has 2 atom stereocenters. The van der Waals surface area contributed by atoms with Crippen molar-refractivity contribution in [1.29, 1.82) is 0 Å². The zero-order valence-corrected chi connectivity index (χ0v) is 15.0. The molecule has 24 heavy (non-hydrogen) atoms. The molecule has 6 heteroatoms. The maximum absolute atomic E-state index is 13.0. The van der Waals surface area contributed by atoms with Crippen molar-refractivity contribution in [3.8, 4) is 0 Å². The average Bonchev–Trinajstić information content (AvgIpc) is 2.53. The van der Waals surface area contributed by atoms with Gasteiger partial charge in [0.1, 0.15) is 5.82 Å². The molecule has 134 valence electrons. The van der Waals surface area contributed by atoms with Crippen LogP contribution >= 0.6 is 0 Å². The lowest BCUT2D eigenvalue weighted by Crippen LogP contribution is -2.55. The van der Waals surface area contributed by atoms with Crippen molar-refractivity contribution in [2.24, 2.45) is 5.92 Å². The van der Waals surface area contributed by atoms with Crippen molar-refractivity contribution in [3.05, 3.63) is 55.4 Å². The third-order valence-electron chi connectivity index (χ3n) is 4.19. The largest absolute Gasteiger partial charge is 0.388 e. The van der Waals surface area contributed by atoms with Crippen LogP contribution in [0.1, 0.15) is 33.1 Å². The molecule has 0 aromatic heterocycles. The van der Waals surface area contributed by atoms with E-state index in [4.69, 9.17) is 0 Å². The van der Waals surface area contributed by atoms with Crippen LogP contribution in [0.5, 0.6) is 0 Å². The van der Waals surface area contributed by atoms with E-state index in [-0.39, 0.29) is 23.7 Å². The number of benzene rings is 1. The quantitative estimate of drug-likeness (QED) is 0.632. The third kappa shape index (κ3) is 5.00. The van der Waals surface area contributed by atoms with E-state index in [1.54, 1.807) is 12.2 Å². The van der Waals surface area contributed by atoms with Gasteiger partial charge in [-0.25, -0.2) is 17.5 Å². The molecule has 0 saturated carbocycles. The van der Waals surface area contributed by atoms with Crippen molar-refractivity contribution in [1.82, 2.24) is 4.72 Å². The minimum atomic E-state index is -3.90. The van der Waals surface area contributed by atoms with Crippen LogP contribution in [-0.4, -0.2) is 25.2 Å². The number of rotatable bonds is 10. The Morgan fingerprint density at radius 2 is 1.75 bits per heavy atom. The van der Waals surface area contributed by atoms with Crippen molar-refractivity contribution in [2.75, 3.05) is 0 Å². The number of sulfonamides is 1. The molecule has 2 unspecified atom stereocenters. The molecule has 0 aliphatic rings. The number of halogens is 1. The number of nitrogens with one attached hydrogen (secondary N) is 1. The zero-order chi connectivity index (χ0) is 18.4. The van der Waals surface area contributed by atoms with Gasteiger partial charge < -0.3 is 5.11 Å². The summed E-state index contributed by atoms with van der Waals surface area (Å²) in [5.41, 5.74) is -1.33. The second-order valence-corrected chi connectivity index (χ2v) is 7.74. The first-order valence-corrected chi connectivity index (χ1v) is 9.40. The lowest BCUT2D eigenvalue weighted by molar-refractivity contribution is -0.00403. The first kappa shape index (κ1) is 20.5. The highest BCUT2D eigenvalue weighted by atomic mass is 32.2. The molecule has 2 N–H and O–H groups in total. The van der Waals surface area contributed by atoms with Gasteiger partial charge in [-0.2, -0.15) is 0 Å². The fraction of sp³-hybridized carbons (Fsp3) is 0.444. The molecule has 0 fully saturated rings. The predicted octanol–water partition coefficient (Wildman–Crippen LogP) is 3.40. The molecular formula is C18H26FNO3S. The predicted molar refractivity (Wildman–Crippen MR) is 94.5 cm³/mol. The number of hydrogen-bond donors (Lipinski definition) is 2. The van der Waals surface area contributed by atoms with Gasteiger partial charge in [0.15, 0.2) is 0 Å². The summed E-state index contributed by atoms with van der Waals surface area (Å²) in [4.78, 5) is -0.0447. The van der Waals surface area contributed by atoms with Crippen LogP contribution in [0.3, 0.4) is 0 Å². The van der Waals surface area contributed by atoms with E-state index >= 15 is 0 Å². The fourth-order valence-corrected chi connectivity index (χ4v) is 4.09. The Morgan fingerprint density at radius 3 is 2.17 bits per heavy atom. The molecule has 1 rings (SSSR count). The summed E-state index contributed by atoms with van der Waals surface area (Å²) < 4.78 is 40.9. The van der Waals surface area contributed by atoms with Crippen molar-refractivity contribution in [3.63, 3.8) is 0 Å². The smallest absolute Gasteiger partial charge is 0.240 e. The molecule has 0 amide bonds. The Balaban J connectivity index is 3.23. The third-order valence-corrected chi connectivity index (χ3v) is 5.65. The first-order chi connectivity index (χ1) is 11.2. The van der Waals surface area contributed by atoms with Gasteiger partial charge in [0, 0.05) is 0 Å². The van der Waals surface area contributed by atoms with Gasteiger partial charge in [-0.15, -0.1) is 13.2 Å². The van der Waals surface area contributed by atoms with Gasteiger partial charge in [-0.3, -0.25) is 0 Å². The Kier molecular flexibility index (Phi) is 7.32. The van der Waals surface area contributed by atoms with E-state index in [2.05, 4.69) is 17.9 Å².